The van der Waals surface area contributed by atoms with E-state index in [0.29, 0.717) is 19.6 Å². The summed E-state index contributed by atoms with van der Waals surface area (Å²) in [4.78, 5) is 14.2. The first-order valence-corrected chi connectivity index (χ1v) is 6.65. The van der Waals surface area contributed by atoms with Gasteiger partial charge in [-0.05, 0) is 18.8 Å². The van der Waals surface area contributed by atoms with Gasteiger partial charge in [0, 0.05) is 6.54 Å². The van der Waals surface area contributed by atoms with Crippen LogP contribution in [0, 0.1) is 11.3 Å². The van der Waals surface area contributed by atoms with Crippen LogP contribution in [0.1, 0.15) is 39.5 Å². The van der Waals surface area contributed by atoms with Crippen molar-refractivity contribution in [1.82, 2.24) is 4.90 Å². The monoisotopic (exact) mass is 240 g/mol. The van der Waals surface area contributed by atoms with Crippen molar-refractivity contribution in [3.05, 3.63) is 0 Å². The fourth-order valence-corrected chi connectivity index (χ4v) is 3.02. The number of hydrogen-bond acceptors (Lipinski definition) is 3. The van der Waals surface area contributed by atoms with Crippen LogP contribution in [0.5, 0.6) is 0 Å². The number of rotatable bonds is 3. The number of carbonyl (C=O) groups is 1. The summed E-state index contributed by atoms with van der Waals surface area (Å²) in [7, 11) is 0. The fourth-order valence-electron chi connectivity index (χ4n) is 3.02. The molecular formula is C13H24N2O2. The minimum atomic E-state index is -0.677. The first-order valence-electron chi connectivity index (χ1n) is 6.65. The molecule has 4 nitrogen and oxygen atoms in total. The zero-order valence-corrected chi connectivity index (χ0v) is 10.9. The topological polar surface area (TPSA) is 66.6 Å². The summed E-state index contributed by atoms with van der Waals surface area (Å²) in [5, 5.41) is 10.2. The molecule has 3 N–H and O–H groups in total. The molecule has 0 spiro atoms. The Balaban J connectivity index is 1.99. The van der Waals surface area contributed by atoms with Crippen LogP contribution >= 0.6 is 0 Å². The van der Waals surface area contributed by atoms with Gasteiger partial charge < -0.3 is 15.7 Å². The molecule has 1 saturated carbocycles. The summed E-state index contributed by atoms with van der Waals surface area (Å²) in [6, 6.07) is 0. The summed E-state index contributed by atoms with van der Waals surface area (Å²) in [5.41, 5.74) is 4.81. The van der Waals surface area contributed by atoms with Crippen molar-refractivity contribution in [3.63, 3.8) is 0 Å². The van der Waals surface area contributed by atoms with Crippen LogP contribution in [0.3, 0.4) is 0 Å². The van der Waals surface area contributed by atoms with Crippen molar-refractivity contribution in [2.45, 2.75) is 45.1 Å². The van der Waals surface area contributed by atoms with E-state index < -0.39 is 5.60 Å². The SMILES string of the molecule is CC(C)C1(O)CN(C(=O)C2(CN)CCCC2)C1. The van der Waals surface area contributed by atoms with Gasteiger partial charge in [-0.25, -0.2) is 0 Å². The lowest BCUT2D eigenvalue weighted by molar-refractivity contribution is -0.172. The lowest BCUT2D eigenvalue weighted by Gasteiger charge is -2.51. The van der Waals surface area contributed by atoms with Gasteiger partial charge in [-0.1, -0.05) is 26.7 Å². The molecule has 0 aromatic rings. The minimum absolute atomic E-state index is 0.169. The van der Waals surface area contributed by atoms with Crippen LogP contribution in [-0.2, 0) is 4.79 Å². The highest BCUT2D eigenvalue weighted by Gasteiger charge is 2.51. The molecule has 1 saturated heterocycles. The average molecular weight is 240 g/mol. The Labute approximate surface area is 103 Å². The van der Waals surface area contributed by atoms with Gasteiger partial charge >= 0.3 is 0 Å². The maximum Gasteiger partial charge on any atom is 0.230 e. The van der Waals surface area contributed by atoms with Gasteiger partial charge in [-0.3, -0.25) is 4.79 Å². The largest absolute Gasteiger partial charge is 0.386 e. The number of carbonyl (C=O) groups excluding carboxylic acids is 1. The number of likely N-dealkylation sites (tertiary alicyclic amines) is 1. The van der Waals surface area contributed by atoms with Crippen LogP contribution in [0.2, 0.25) is 0 Å². The number of β-amino-alcohol motifs (C(OH)–C–C–N with tert-alkyl or cyclic N) is 1. The van der Waals surface area contributed by atoms with Crippen LogP contribution in [0.4, 0.5) is 0 Å². The Hall–Kier alpha value is -0.610. The van der Waals surface area contributed by atoms with Crippen molar-refractivity contribution in [2.75, 3.05) is 19.6 Å². The van der Waals surface area contributed by atoms with E-state index in [2.05, 4.69) is 0 Å². The van der Waals surface area contributed by atoms with E-state index >= 15 is 0 Å². The van der Waals surface area contributed by atoms with Gasteiger partial charge in [0.1, 0.15) is 5.60 Å². The Morgan fingerprint density at radius 2 is 1.88 bits per heavy atom. The van der Waals surface area contributed by atoms with E-state index in [1.807, 2.05) is 13.8 Å². The van der Waals surface area contributed by atoms with Crippen molar-refractivity contribution in [3.8, 4) is 0 Å². The van der Waals surface area contributed by atoms with Gasteiger partial charge in [0.25, 0.3) is 0 Å². The summed E-state index contributed by atoms with van der Waals surface area (Å²) in [6.45, 7) is 5.39. The third-order valence-corrected chi connectivity index (χ3v) is 4.70. The second-order valence-corrected chi connectivity index (χ2v) is 6.11. The lowest BCUT2D eigenvalue weighted by Crippen LogP contribution is -2.68. The second kappa shape index (κ2) is 4.25. The Morgan fingerprint density at radius 1 is 1.35 bits per heavy atom. The summed E-state index contributed by atoms with van der Waals surface area (Å²) in [5.74, 6) is 0.367. The molecule has 0 atom stereocenters. The molecule has 0 unspecified atom stereocenters. The molecule has 0 radical (unpaired) electrons. The summed E-state index contributed by atoms with van der Waals surface area (Å²) >= 11 is 0. The molecule has 0 aromatic heterocycles. The molecular weight excluding hydrogens is 216 g/mol. The van der Waals surface area contributed by atoms with Crippen molar-refractivity contribution < 1.29 is 9.90 Å². The lowest BCUT2D eigenvalue weighted by atomic mass is 9.78. The number of aliphatic hydroxyl groups is 1. The molecule has 4 heteroatoms. The van der Waals surface area contributed by atoms with E-state index in [9.17, 15) is 9.90 Å². The van der Waals surface area contributed by atoms with E-state index in [-0.39, 0.29) is 17.2 Å². The van der Waals surface area contributed by atoms with Gasteiger partial charge in [0.05, 0.1) is 18.5 Å². The van der Waals surface area contributed by atoms with Gasteiger partial charge in [-0.15, -0.1) is 0 Å². The number of amides is 1. The van der Waals surface area contributed by atoms with E-state index in [4.69, 9.17) is 5.73 Å². The molecule has 98 valence electrons. The van der Waals surface area contributed by atoms with Crippen LogP contribution in [0.15, 0.2) is 0 Å². The third-order valence-electron chi connectivity index (χ3n) is 4.70. The van der Waals surface area contributed by atoms with Gasteiger partial charge in [-0.2, -0.15) is 0 Å². The highest BCUT2D eigenvalue weighted by Crippen LogP contribution is 2.41. The van der Waals surface area contributed by atoms with Crippen LogP contribution < -0.4 is 5.73 Å². The normalized spacial score (nSPS) is 26.1. The molecule has 1 aliphatic heterocycles. The molecule has 1 amide bonds. The smallest absolute Gasteiger partial charge is 0.230 e. The highest BCUT2D eigenvalue weighted by molar-refractivity contribution is 5.84. The number of hydrogen-bond donors (Lipinski definition) is 2. The zero-order valence-electron chi connectivity index (χ0n) is 10.9. The predicted molar refractivity (Wildman–Crippen MR) is 66.3 cm³/mol. The fraction of sp³-hybridized carbons (Fsp3) is 0.923. The maximum absolute atomic E-state index is 12.4. The van der Waals surface area contributed by atoms with Gasteiger partial charge in [0.15, 0.2) is 0 Å². The van der Waals surface area contributed by atoms with Crippen LogP contribution in [0.25, 0.3) is 0 Å². The standard InChI is InChI=1S/C13H24N2O2/c1-10(2)13(17)8-15(9-13)11(16)12(7-14)5-3-4-6-12/h10,17H,3-9,14H2,1-2H3. The molecule has 2 rings (SSSR count). The third kappa shape index (κ3) is 1.97. The average Bonchev–Trinajstić information content (AvgIpc) is 2.73. The highest BCUT2D eigenvalue weighted by atomic mass is 16.3. The predicted octanol–water partition coefficient (Wildman–Crippen LogP) is 0.735. The molecule has 0 bridgehead atoms. The molecule has 2 aliphatic rings. The Bertz CT molecular complexity index is 303. The molecule has 0 aromatic carbocycles. The van der Waals surface area contributed by atoms with Crippen molar-refractivity contribution >= 4 is 5.91 Å². The summed E-state index contributed by atoms with van der Waals surface area (Å²) in [6.07, 6.45) is 4.04. The maximum atomic E-state index is 12.4. The van der Waals surface area contributed by atoms with E-state index in [1.54, 1.807) is 4.90 Å². The first kappa shape index (κ1) is 12.8. The summed E-state index contributed by atoms with van der Waals surface area (Å²) < 4.78 is 0. The van der Waals surface area contributed by atoms with E-state index in [0.717, 1.165) is 25.7 Å². The minimum Gasteiger partial charge on any atom is -0.386 e. The number of nitrogens with two attached hydrogens (primary N) is 1. The quantitative estimate of drug-likeness (QED) is 0.764. The second-order valence-electron chi connectivity index (χ2n) is 6.11. The molecule has 1 heterocycles. The van der Waals surface area contributed by atoms with Crippen molar-refractivity contribution in [2.24, 2.45) is 17.1 Å². The first-order chi connectivity index (χ1) is 7.93. The Kier molecular flexibility index (Phi) is 3.21. The van der Waals surface area contributed by atoms with Gasteiger partial charge in [0.2, 0.25) is 5.91 Å². The van der Waals surface area contributed by atoms with Crippen molar-refractivity contribution in [1.29, 1.82) is 0 Å². The molecule has 1 aliphatic carbocycles. The molecule has 17 heavy (non-hydrogen) atoms. The molecule has 2 fully saturated rings. The Morgan fingerprint density at radius 3 is 2.29 bits per heavy atom. The number of nitrogens with zero attached hydrogens (tertiary/aromatic N) is 1. The van der Waals surface area contributed by atoms with Crippen LogP contribution in [-0.4, -0.2) is 41.1 Å². The van der Waals surface area contributed by atoms with E-state index in [1.165, 1.54) is 0 Å². The zero-order chi connectivity index (χ0) is 12.7.